The van der Waals surface area contributed by atoms with E-state index in [1.54, 1.807) is 12.0 Å². The third kappa shape index (κ3) is 5.80. The second-order valence-corrected chi connectivity index (χ2v) is 9.53. The molecular weight excluding hydrogens is 422 g/mol. The fraction of sp³-hybridized carbons (Fsp3) is 0.381. The predicted octanol–water partition coefficient (Wildman–Crippen LogP) is 2.36. The zero-order valence-electron chi connectivity index (χ0n) is 17.5. The number of hydrogen-bond acceptors (Lipinski definition) is 7. The molecule has 1 aliphatic rings. The van der Waals surface area contributed by atoms with E-state index in [1.165, 1.54) is 6.07 Å². The number of carbonyl (C=O) groups is 1. The molecule has 9 nitrogen and oxygen atoms in total. The lowest BCUT2D eigenvalue weighted by Crippen LogP contribution is -2.35. The molecule has 3 rings (SSSR count). The highest BCUT2D eigenvalue weighted by Crippen LogP contribution is 2.23. The molecule has 31 heavy (non-hydrogen) atoms. The van der Waals surface area contributed by atoms with E-state index in [-0.39, 0.29) is 10.5 Å². The number of hydrogen-bond donors (Lipinski definition) is 0. The molecule has 10 heteroatoms. The summed E-state index contributed by atoms with van der Waals surface area (Å²) in [7, 11) is -2.07. The van der Waals surface area contributed by atoms with Gasteiger partial charge in [0.15, 0.2) is 9.84 Å². The van der Waals surface area contributed by atoms with E-state index in [9.17, 15) is 23.3 Å². The van der Waals surface area contributed by atoms with Gasteiger partial charge in [0, 0.05) is 56.7 Å². The van der Waals surface area contributed by atoms with Gasteiger partial charge >= 0.3 is 0 Å². The Balaban J connectivity index is 1.73. The molecule has 0 unspecified atom stereocenters. The molecule has 2 aromatic rings. The summed E-state index contributed by atoms with van der Waals surface area (Å²) in [5.74, 6) is 0.390. The minimum Gasteiger partial charge on any atom is -0.497 e. The van der Waals surface area contributed by atoms with Gasteiger partial charge in [-0.05, 0) is 30.2 Å². The lowest BCUT2D eigenvalue weighted by Gasteiger charge is -2.22. The van der Waals surface area contributed by atoms with Crippen LogP contribution in [0.25, 0.3) is 0 Å². The van der Waals surface area contributed by atoms with Crippen LogP contribution in [0, 0.1) is 10.1 Å². The second kappa shape index (κ2) is 9.44. The number of amides is 1. The lowest BCUT2D eigenvalue weighted by atomic mass is 10.1. The van der Waals surface area contributed by atoms with Crippen LogP contribution in [-0.4, -0.2) is 68.6 Å². The van der Waals surface area contributed by atoms with Crippen molar-refractivity contribution in [3.8, 4) is 5.75 Å². The Kier molecular flexibility index (Phi) is 6.91. The fourth-order valence-corrected chi connectivity index (χ4v) is 4.21. The van der Waals surface area contributed by atoms with Crippen LogP contribution in [0.15, 0.2) is 47.4 Å². The number of sulfone groups is 1. The van der Waals surface area contributed by atoms with E-state index in [1.807, 2.05) is 24.3 Å². The molecule has 1 saturated heterocycles. The Morgan fingerprint density at radius 3 is 2.42 bits per heavy atom. The van der Waals surface area contributed by atoms with E-state index >= 15 is 0 Å². The normalized spacial score (nSPS) is 15.4. The number of nitrogens with zero attached hydrogens (tertiary/aromatic N) is 3. The highest BCUT2D eigenvalue weighted by atomic mass is 32.2. The van der Waals surface area contributed by atoms with Crippen LogP contribution in [0.2, 0.25) is 0 Å². The molecule has 0 atom stereocenters. The van der Waals surface area contributed by atoms with Gasteiger partial charge in [-0.15, -0.1) is 0 Å². The van der Waals surface area contributed by atoms with E-state index in [0.29, 0.717) is 19.6 Å². The summed E-state index contributed by atoms with van der Waals surface area (Å²) in [6.45, 7) is 3.13. The van der Waals surface area contributed by atoms with Gasteiger partial charge in [0.05, 0.1) is 16.9 Å². The minimum absolute atomic E-state index is 0.0122. The maximum absolute atomic E-state index is 13.0. The number of carbonyl (C=O) groups excluding carboxylic acids is 1. The standard InChI is InChI=1S/C21H25N3O6S/c1-30-19-6-4-16(5-7-19)15-22-8-3-9-23(11-10-22)21(25)17-12-18(24(26)27)14-20(13-17)31(2,28)29/h4-7,12-14H,3,8-11,15H2,1-2H3. The fourth-order valence-electron chi connectivity index (χ4n) is 3.53. The first kappa shape index (κ1) is 22.7. The number of ether oxygens (including phenoxy) is 1. The average molecular weight is 448 g/mol. The van der Waals surface area contributed by atoms with Crippen molar-refractivity contribution >= 4 is 21.4 Å². The van der Waals surface area contributed by atoms with Crippen molar-refractivity contribution in [1.29, 1.82) is 0 Å². The van der Waals surface area contributed by atoms with Crippen molar-refractivity contribution in [1.82, 2.24) is 9.80 Å². The molecule has 1 heterocycles. The molecule has 0 spiro atoms. The van der Waals surface area contributed by atoms with Crippen LogP contribution in [0.3, 0.4) is 0 Å². The van der Waals surface area contributed by atoms with Crippen LogP contribution in [0.1, 0.15) is 22.3 Å². The van der Waals surface area contributed by atoms with Gasteiger partial charge < -0.3 is 9.64 Å². The second-order valence-electron chi connectivity index (χ2n) is 7.51. The molecular formula is C21H25N3O6S. The first-order chi connectivity index (χ1) is 14.7. The first-order valence-electron chi connectivity index (χ1n) is 9.81. The maximum Gasteiger partial charge on any atom is 0.271 e. The molecule has 2 aromatic carbocycles. The number of non-ortho nitro benzene ring substituents is 1. The Morgan fingerprint density at radius 2 is 1.81 bits per heavy atom. The van der Waals surface area contributed by atoms with E-state index in [4.69, 9.17) is 4.74 Å². The highest BCUT2D eigenvalue weighted by Gasteiger charge is 2.24. The molecule has 0 radical (unpaired) electrons. The average Bonchev–Trinajstić information content (AvgIpc) is 2.98. The topological polar surface area (TPSA) is 110 Å². The van der Waals surface area contributed by atoms with Crippen molar-refractivity contribution < 1.29 is 22.9 Å². The monoisotopic (exact) mass is 447 g/mol. The van der Waals surface area contributed by atoms with Crippen molar-refractivity contribution in [2.24, 2.45) is 0 Å². The van der Waals surface area contributed by atoms with Gasteiger partial charge in [-0.3, -0.25) is 19.8 Å². The molecule has 0 N–H and O–H groups in total. The van der Waals surface area contributed by atoms with Crippen molar-refractivity contribution in [3.63, 3.8) is 0 Å². The van der Waals surface area contributed by atoms with Gasteiger partial charge in [-0.2, -0.15) is 0 Å². The van der Waals surface area contributed by atoms with E-state index in [0.717, 1.165) is 49.2 Å². The molecule has 166 valence electrons. The van der Waals surface area contributed by atoms with Gasteiger partial charge in [-0.25, -0.2) is 8.42 Å². The number of rotatable bonds is 6. The van der Waals surface area contributed by atoms with E-state index < -0.39 is 26.4 Å². The van der Waals surface area contributed by atoms with E-state index in [2.05, 4.69) is 4.90 Å². The van der Waals surface area contributed by atoms with Crippen LogP contribution < -0.4 is 4.74 Å². The molecule has 0 bridgehead atoms. The third-order valence-electron chi connectivity index (χ3n) is 5.22. The van der Waals surface area contributed by atoms with Crippen molar-refractivity contribution in [3.05, 3.63) is 63.7 Å². The van der Waals surface area contributed by atoms with Gasteiger partial charge in [0.1, 0.15) is 5.75 Å². The van der Waals surface area contributed by atoms with Crippen molar-refractivity contribution in [2.75, 3.05) is 39.5 Å². The van der Waals surface area contributed by atoms with Crippen LogP contribution >= 0.6 is 0 Å². The number of nitro groups is 1. The van der Waals surface area contributed by atoms with Gasteiger partial charge in [0.25, 0.3) is 11.6 Å². The largest absolute Gasteiger partial charge is 0.497 e. The first-order valence-corrected chi connectivity index (χ1v) is 11.7. The Hall–Kier alpha value is -2.98. The van der Waals surface area contributed by atoms with Crippen LogP contribution in [0.4, 0.5) is 5.69 Å². The van der Waals surface area contributed by atoms with Crippen LogP contribution in [-0.2, 0) is 16.4 Å². The predicted molar refractivity (Wildman–Crippen MR) is 115 cm³/mol. The molecule has 1 fully saturated rings. The van der Waals surface area contributed by atoms with Gasteiger partial charge in [0.2, 0.25) is 0 Å². The summed E-state index contributed by atoms with van der Waals surface area (Å²) < 4.78 is 29.0. The summed E-state index contributed by atoms with van der Waals surface area (Å²) >= 11 is 0. The molecule has 0 aromatic heterocycles. The zero-order valence-corrected chi connectivity index (χ0v) is 18.3. The number of benzene rings is 2. The smallest absolute Gasteiger partial charge is 0.271 e. The summed E-state index contributed by atoms with van der Waals surface area (Å²) in [5, 5.41) is 11.2. The highest BCUT2D eigenvalue weighted by molar-refractivity contribution is 7.90. The third-order valence-corrected chi connectivity index (χ3v) is 6.31. The SMILES string of the molecule is COc1ccc(CN2CCCN(C(=O)c3cc([N+](=O)[O-])cc(S(C)(=O)=O)c3)CC2)cc1. The molecule has 0 saturated carbocycles. The molecule has 0 aliphatic carbocycles. The quantitative estimate of drug-likeness (QED) is 0.494. The summed E-state index contributed by atoms with van der Waals surface area (Å²) in [6.07, 6.45) is 1.71. The van der Waals surface area contributed by atoms with Crippen molar-refractivity contribution in [2.45, 2.75) is 17.9 Å². The Morgan fingerprint density at radius 1 is 1.10 bits per heavy atom. The summed E-state index contributed by atoms with van der Waals surface area (Å²) in [6, 6.07) is 11.1. The Labute approximate surface area is 181 Å². The van der Waals surface area contributed by atoms with Crippen LogP contribution in [0.5, 0.6) is 5.75 Å². The van der Waals surface area contributed by atoms with Gasteiger partial charge in [-0.1, -0.05) is 12.1 Å². The maximum atomic E-state index is 13.0. The number of methoxy groups -OCH3 is 1. The Bertz CT molecular complexity index is 1070. The molecule has 1 amide bonds. The minimum atomic E-state index is -3.69. The number of nitro benzene ring substituents is 1. The summed E-state index contributed by atoms with van der Waals surface area (Å²) in [4.78, 5) is 27.2. The summed E-state index contributed by atoms with van der Waals surface area (Å²) in [5.41, 5.74) is 0.734. The zero-order chi connectivity index (χ0) is 22.6. The lowest BCUT2D eigenvalue weighted by molar-refractivity contribution is -0.385. The molecule has 1 aliphatic heterocycles.